The van der Waals surface area contributed by atoms with E-state index in [0.29, 0.717) is 16.3 Å². The zero-order valence-corrected chi connectivity index (χ0v) is 13.6. The number of thiophene rings is 1. The molecular weight excluding hydrogens is 296 g/mol. The molecule has 0 atom stereocenters. The molecule has 0 bridgehead atoms. The lowest BCUT2D eigenvalue weighted by molar-refractivity contribution is 0.102. The second-order valence-electron chi connectivity index (χ2n) is 5.47. The molecule has 0 unspecified atom stereocenters. The van der Waals surface area contributed by atoms with Gasteiger partial charge in [-0.05, 0) is 51.2 Å². The van der Waals surface area contributed by atoms with Crippen LogP contribution in [-0.4, -0.2) is 15.7 Å². The van der Waals surface area contributed by atoms with Gasteiger partial charge in [-0.2, -0.15) is 10.4 Å². The normalized spacial score (nSPS) is 13.5. The molecule has 1 N–H and O–H groups in total. The zero-order chi connectivity index (χ0) is 15.7. The van der Waals surface area contributed by atoms with Crippen LogP contribution in [0.4, 0.5) is 5.00 Å². The Morgan fingerprint density at radius 1 is 1.50 bits per heavy atom. The van der Waals surface area contributed by atoms with Crippen LogP contribution in [0, 0.1) is 18.3 Å². The van der Waals surface area contributed by atoms with Crippen LogP contribution in [0.2, 0.25) is 0 Å². The number of nitrogens with zero attached hydrogens (tertiary/aromatic N) is 3. The molecule has 22 heavy (non-hydrogen) atoms. The predicted octanol–water partition coefficient (Wildman–Crippen LogP) is 3.28. The number of carbonyl (C=O) groups is 1. The van der Waals surface area contributed by atoms with Crippen LogP contribution in [0.25, 0.3) is 0 Å². The summed E-state index contributed by atoms with van der Waals surface area (Å²) in [4.78, 5) is 13.6. The van der Waals surface area contributed by atoms with Gasteiger partial charge in [-0.3, -0.25) is 9.48 Å². The highest BCUT2D eigenvalue weighted by molar-refractivity contribution is 7.16. The fourth-order valence-electron chi connectivity index (χ4n) is 2.88. The van der Waals surface area contributed by atoms with Crippen LogP contribution in [0.1, 0.15) is 52.0 Å². The van der Waals surface area contributed by atoms with Crippen molar-refractivity contribution in [2.45, 2.75) is 46.1 Å². The zero-order valence-electron chi connectivity index (χ0n) is 12.8. The summed E-state index contributed by atoms with van der Waals surface area (Å²) in [6, 6.07) is 4.03. The number of nitriles is 1. The van der Waals surface area contributed by atoms with E-state index in [1.807, 2.05) is 13.8 Å². The van der Waals surface area contributed by atoms with Crippen molar-refractivity contribution in [1.82, 2.24) is 9.78 Å². The SMILES string of the molecule is CCn1nc(C(=O)Nc2sc3c(c2C#N)CCCC3)cc1C. The van der Waals surface area contributed by atoms with E-state index in [1.54, 1.807) is 10.7 Å². The van der Waals surface area contributed by atoms with Gasteiger partial charge in [-0.1, -0.05) is 0 Å². The Kier molecular flexibility index (Phi) is 3.99. The van der Waals surface area contributed by atoms with E-state index >= 15 is 0 Å². The molecule has 6 heteroatoms. The topological polar surface area (TPSA) is 70.7 Å². The minimum absolute atomic E-state index is 0.245. The van der Waals surface area contributed by atoms with E-state index in [0.717, 1.165) is 43.5 Å². The van der Waals surface area contributed by atoms with Crippen molar-refractivity contribution in [2.75, 3.05) is 5.32 Å². The standard InChI is InChI=1S/C16H18N4OS/c1-3-20-10(2)8-13(19-20)15(21)18-16-12(9-17)11-6-4-5-7-14(11)22-16/h8H,3-7H2,1-2H3,(H,18,21). The van der Waals surface area contributed by atoms with Crippen molar-refractivity contribution in [3.8, 4) is 6.07 Å². The van der Waals surface area contributed by atoms with E-state index < -0.39 is 0 Å². The Hall–Kier alpha value is -2.13. The van der Waals surface area contributed by atoms with Crippen molar-refractivity contribution in [1.29, 1.82) is 5.26 Å². The molecule has 0 saturated carbocycles. The summed E-state index contributed by atoms with van der Waals surface area (Å²) in [5.41, 5.74) is 3.12. The number of rotatable bonds is 3. The second kappa shape index (κ2) is 5.93. The first kappa shape index (κ1) is 14.8. The van der Waals surface area contributed by atoms with Gasteiger partial charge < -0.3 is 5.32 Å². The Bertz CT molecular complexity index is 766. The molecule has 0 saturated heterocycles. The highest BCUT2D eigenvalue weighted by Crippen LogP contribution is 2.37. The van der Waals surface area contributed by atoms with Gasteiger partial charge in [0.15, 0.2) is 5.69 Å². The van der Waals surface area contributed by atoms with Crippen molar-refractivity contribution in [2.24, 2.45) is 0 Å². The van der Waals surface area contributed by atoms with E-state index in [2.05, 4.69) is 16.5 Å². The van der Waals surface area contributed by atoms with E-state index in [-0.39, 0.29) is 5.91 Å². The number of carbonyl (C=O) groups excluding carboxylic acids is 1. The smallest absolute Gasteiger partial charge is 0.276 e. The predicted molar refractivity (Wildman–Crippen MR) is 86.3 cm³/mol. The number of anilines is 1. The van der Waals surface area contributed by atoms with E-state index in [4.69, 9.17) is 0 Å². The molecule has 0 aromatic carbocycles. The van der Waals surface area contributed by atoms with Crippen molar-refractivity contribution in [3.05, 3.63) is 33.5 Å². The molecule has 0 radical (unpaired) electrons. The largest absolute Gasteiger partial charge is 0.311 e. The van der Waals surface area contributed by atoms with Crippen molar-refractivity contribution < 1.29 is 4.79 Å². The maximum Gasteiger partial charge on any atom is 0.276 e. The average molecular weight is 314 g/mol. The summed E-state index contributed by atoms with van der Waals surface area (Å²) in [7, 11) is 0. The van der Waals surface area contributed by atoms with Gasteiger partial charge in [-0.25, -0.2) is 0 Å². The molecule has 1 aliphatic carbocycles. The molecule has 2 aromatic rings. The van der Waals surface area contributed by atoms with Gasteiger partial charge in [0.2, 0.25) is 0 Å². The summed E-state index contributed by atoms with van der Waals surface area (Å²) < 4.78 is 1.79. The average Bonchev–Trinajstić information content (AvgIpc) is 3.06. The van der Waals surface area contributed by atoms with Crippen LogP contribution in [-0.2, 0) is 19.4 Å². The Morgan fingerprint density at radius 2 is 2.27 bits per heavy atom. The van der Waals surface area contributed by atoms with Gasteiger partial charge in [0.05, 0.1) is 5.56 Å². The third kappa shape index (κ3) is 2.53. The Labute approximate surface area is 133 Å². The first-order valence-corrected chi connectivity index (χ1v) is 8.36. The third-order valence-electron chi connectivity index (χ3n) is 4.02. The lowest BCUT2D eigenvalue weighted by Gasteiger charge is -2.09. The van der Waals surface area contributed by atoms with Crippen molar-refractivity contribution >= 4 is 22.2 Å². The number of hydrogen-bond acceptors (Lipinski definition) is 4. The highest BCUT2D eigenvalue weighted by Gasteiger charge is 2.22. The first-order valence-electron chi connectivity index (χ1n) is 7.54. The minimum atomic E-state index is -0.245. The molecule has 1 amide bonds. The van der Waals surface area contributed by atoms with Crippen LogP contribution in [0.5, 0.6) is 0 Å². The molecule has 0 aliphatic heterocycles. The van der Waals surface area contributed by atoms with E-state index in [1.165, 1.54) is 16.2 Å². The second-order valence-corrected chi connectivity index (χ2v) is 6.57. The maximum absolute atomic E-state index is 12.4. The molecule has 1 aliphatic rings. The lowest BCUT2D eigenvalue weighted by atomic mass is 9.96. The van der Waals surface area contributed by atoms with Crippen LogP contribution < -0.4 is 5.32 Å². The number of fused-ring (bicyclic) bond motifs is 1. The fraction of sp³-hybridized carbons (Fsp3) is 0.438. The van der Waals surface area contributed by atoms with Crippen LogP contribution >= 0.6 is 11.3 Å². The number of amides is 1. The summed E-state index contributed by atoms with van der Waals surface area (Å²) in [6.07, 6.45) is 4.22. The molecule has 2 aromatic heterocycles. The fourth-order valence-corrected chi connectivity index (χ4v) is 4.12. The molecule has 0 spiro atoms. The van der Waals surface area contributed by atoms with Crippen molar-refractivity contribution in [3.63, 3.8) is 0 Å². The number of aryl methyl sites for hydroxylation is 3. The Morgan fingerprint density at radius 3 is 2.95 bits per heavy atom. The molecule has 3 rings (SSSR count). The van der Waals surface area contributed by atoms with E-state index in [9.17, 15) is 10.1 Å². The summed E-state index contributed by atoms with van der Waals surface area (Å²) >= 11 is 1.54. The lowest BCUT2D eigenvalue weighted by Crippen LogP contribution is -2.13. The number of hydrogen-bond donors (Lipinski definition) is 1. The van der Waals surface area contributed by atoms with Gasteiger partial charge in [0.1, 0.15) is 11.1 Å². The third-order valence-corrected chi connectivity index (χ3v) is 5.23. The first-order chi connectivity index (χ1) is 10.6. The summed E-state index contributed by atoms with van der Waals surface area (Å²) in [6.45, 7) is 4.65. The summed E-state index contributed by atoms with van der Waals surface area (Å²) in [5, 5.41) is 17.3. The monoisotopic (exact) mass is 314 g/mol. The molecule has 0 fully saturated rings. The molecule has 2 heterocycles. The quantitative estimate of drug-likeness (QED) is 0.945. The van der Waals surface area contributed by atoms with Gasteiger partial charge in [0.25, 0.3) is 5.91 Å². The highest BCUT2D eigenvalue weighted by atomic mass is 32.1. The Balaban J connectivity index is 1.88. The van der Waals surface area contributed by atoms with Gasteiger partial charge in [0, 0.05) is 17.1 Å². The van der Waals surface area contributed by atoms with Crippen LogP contribution in [0.3, 0.4) is 0 Å². The van der Waals surface area contributed by atoms with Crippen LogP contribution in [0.15, 0.2) is 6.07 Å². The molecular formula is C16H18N4OS. The van der Waals surface area contributed by atoms with Gasteiger partial charge in [-0.15, -0.1) is 11.3 Å². The number of aromatic nitrogens is 2. The number of nitrogens with one attached hydrogen (secondary N) is 1. The minimum Gasteiger partial charge on any atom is -0.311 e. The molecule has 114 valence electrons. The molecule has 5 nitrogen and oxygen atoms in total. The summed E-state index contributed by atoms with van der Waals surface area (Å²) in [5.74, 6) is -0.245. The van der Waals surface area contributed by atoms with Gasteiger partial charge >= 0.3 is 0 Å². The maximum atomic E-state index is 12.4.